The van der Waals surface area contributed by atoms with E-state index < -0.39 is 0 Å². The molecule has 0 heterocycles. The van der Waals surface area contributed by atoms with Crippen LogP contribution >= 0.6 is 0 Å². The smallest absolute Gasteiger partial charge is 0.00684 e. The molecule has 0 spiro atoms. The molecule has 21 heavy (non-hydrogen) atoms. The fourth-order valence-corrected chi connectivity index (χ4v) is 2.66. The van der Waals surface area contributed by atoms with Crippen molar-refractivity contribution < 1.29 is 0 Å². The lowest BCUT2D eigenvalue weighted by Crippen LogP contribution is -2.43. The predicted molar refractivity (Wildman–Crippen MR) is 94.8 cm³/mol. The second kappa shape index (κ2) is 9.15. The Labute approximate surface area is 134 Å². The zero-order valence-corrected chi connectivity index (χ0v) is 15.5. The summed E-state index contributed by atoms with van der Waals surface area (Å²) in [5, 5.41) is 3.76. The molecule has 0 aliphatic heterocycles. The zero-order chi connectivity index (χ0) is 15.9. The fraction of sp³-hybridized carbons (Fsp3) is 1.00. The van der Waals surface area contributed by atoms with Crippen molar-refractivity contribution in [2.75, 3.05) is 26.2 Å². The Hall–Kier alpha value is -0.0800. The second-order valence-electron chi connectivity index (χ2n) is 8.46. The lowest BCUT2D eigenvalue weighted by molar-refractivity contribution is 0.143. The molecule has 0 aromatic rings. The summed E-state index contributed by atoms with van der Waals surface area (Å²) in [5.41, 5.74) is 0.427. The molecule has 0 aromatic carbocycles. The molecular weight excluding hydrogens is 256 g/mol. The van der Waals surface area contributed by atoms with Gasteiger partial charge in [0.05, 0.1) is 0 Å². The monoisotopic (exact) mass is 296 g/mol. The molecule has 0 radical (unpaired) electrons. The molecule has 0 saturated heterocycles. The van der Waals surface area contributed by atoms with Gasteiger partial charge in [0.2, 0.25) is 0 Å². The minimum absolute atomic E-state index is 0.427. The molecular formula is C19H40N2. The van der Waals surface area contributed by atoms with E-state index in [0.717, 1.165) is 17.9 Å². The molecule has 1 rings (SSSR count). The van der Waals surface area contributed by atoms with Crippen molar-refractivity contribution in [1.82, 2.24) is 10.2 Å². The van der Waals surface area contributed by atoms with Crippen LogP contribution in [0.3, 0.4) is 0 Å². The minimum atomic E-state index is 0.427. The number of rotatable bonds is 12. The van der Waals surface area contributed by atoms with Crippen molar-refractivity contribution in [3.05, 3.63) is 0 Å². The molecule has 126 valence electrons. The molecule has 1 fully saturated rings. The summed E-state index contributed by atoms with van der Waals surface area (Å²) in [6, 6.07) is 0.829. The topological polar surface area (TPSA) is 15.3 Å². The van der Waals surface area contributed by atoms with E-state index in [2.05, 4.69) is 51.8 Å². The van der Waals surface area contributed by atoms with Crippen LogP contribution in [0.5, 0.6) is 0 Å². The van der Waals surface area contributed by atoms with Gasteiger partial charge >= 0.3 is 0 Å². The first kappa shape index (κ1) is 19.0. The average molecular weight is 297 g/mol. The van der Waals surface area contributed by atoms with Crippen molar-refractivity contribution in [3.8, 4) is 0 Å². The van der Waals surface area contributed by atoms with Crippen LogP contribution in [0.25, 0.3) is 0 Å². The van der Waals surface area contributed by atoms with Crippen LogP contribution in [0.4, 0.5) is 0 Å². The van der Waals surface area contributed by atoms with Crippen LogP contribution in [-0.2, 0) is 0 Å². The van der Waals surface area contributed by atoms with Crippen molar-refractivity contribution in [1.29, 1.82) is 0 Å². The van der Waals surface area contributed by atoms with E-state index in [1.165, 1.54) is 58.3 Å². The van der Waals surface area contributed by atoms with Gasteiger partial charge < -0.3 is 10.2 Å². The maximum Gasteiger partial charge on any atom is 0.00684 e. The van der Waals surface area contributed by atoms with Gasteiger partial charge in [0.15, 0.2) is 0 Å². The summed E-state index contributed by atoms with van der Waals surface area (Å²) in [6.45, 7) is 19.2. The van der Waals surface area contributed by atoms with E-state index in [1.54, 1.807) is 0 Å². The Balaban J connectivity index is 2.47. The quantitative estimate of drug-likeness (QED) is 0.568. The van der Waals surface area contributed by atoms with Crippen molar-refractivity contribution in [2.45, 2.75) is 79.7 Å². The Bertz CT molecular complexity index is 259. The van der Waals surface area contributed by atoms with Crippen LogP contribution in [0, 0.1) is 17.3 Å². The second-order valence-corrected chi connectivity index (χ2v) is 8.46. The third kappa shape index (κ3) is 8.83. The highest BCUT2D eigenvalue weighted by molar-refractivity contribution is 4.87. The first-order valence-corrected chi connectivity index (χ1v) is 9.30. The normalized spacial score (nSPS) is 18.7. The molecule has 1 aliphatic carbocycles. The lowest BCUT2D eigenvalue weighted by atomic mass is 9.86. The van der Waals surface area contributed by atoms with Gasteiger partial charge in [-0.1, -0.05) is 41.5 Å². The van der Waals surface area contributed by atoms with E-state index in [4.69, 9.17) is 0 Å². The lowest BCUT2D eigenvalue weighted by Gasteiger charge is -2.36. The Morgan fingerprint density at radius 2 is 1.57 bits per heavy atom. The van der Waals surface area contributed by atoms with E-state index in [0.29, 0.717) is 5.41 Å². The van der Waals surface area contributed by atoms with Gasteiger partial charge in [0.25, 0.3) is 0 Å². The van der Waals surface area contributed by atoms with Crippen LogP contribution in [0.15, 0.2) is 0 Å². The summed E-state index contributed by atoms with van der Waals surface area (Å²) in [6.07, 6.45) is 6.71. The maximum atomic E-state index is 3.76. The number of hydrogen-bond donors (Lipinski definition) is 1. The van der Waals surface area contributed by atoms with E-state index >= 15 is 0 Å². The van der Waals surface area contributed by atoms with Gasteiger partial charge in [-0.2, -0.15) is 0 Å². The molecule has 1 N–H and O–H groups in total. The van der Waals surface area contributed by atoms with E-state index in [-0.39, 0.29) is 0 Å². The molecule has 0 bridgehead atoms. The molecule has 0 amide bonds. The largest absolute Gasteiger partial charge is 0.313 e. The molecule has 1 unspecified atom stereocenters. The summed E-state index contributed by atoms with van der Waals surface area (Å²) in [5.74, 6) is 1.62. The number of nitrogens with one attached hydrogen (secondary N) is 1. The van der Waals surface area contributed by atoms with E-state index in [1.807, 2.05) is 0 Å². The first-order chi connectivity index (χ1) is 9.84. The highest BCUT2D eigenvalue weighted by Gasteiger charge is 2.29. The molecule has 2 heteroatoms. The van der Waals surface area contributed by atoms with Crippen LogP contribution in [0.2, 0.25) is 0 Å². The van der Waals surface area contributed by atoms with Gasteiger partial charge in [0, 0.05) is 19.1 Å². The number of nitrogens with zero attached hydrogens (tertiary/aromatic N) is 1. The van der Waals surface area contributed by atoms with Gasteiger partial charge in [-0.25, -0.2) is 0 Å². The van der Waals surface area contributed by atoms with Crippen LogP contribution in [0.1, 0.15) is 73.6 Å². The average Bonchev–Trinajstić information content (AvgIpc) is 3.23. The van der Waals surface area contributed by atoms with Gasteiger partial charge in [-0.05, 0) is 62.4 Å². The predicted octanol–water partition coefficient (Wildman–Crippen LogP) is 4.55. The van der Waals surface area contributed by atoms with Crippen molar-refractivity contribution >= 4 is 0 Å². The molecule has 2 nitrogen and oxygen atoms in total. The summed E-state index contributed by atoms with van der Waals surface area (Å²) in [7, 11) is 0. The highest BCUT2D eigenvalue weighted by atomic mass is 15.1. The molecule has 1 aliphatic rings. The van der Waals surface area contributed by atoms with Crippen molar-refractivity contribution in [2.24, 2.45) is 17.3 Å². The third-order valence-electron chi connectivity index (χ3n) is 4.90. The van der Waals surface area contributed by atoms with Gasteiger partial charge in [-0.15, -0.1) is 0 Å². The van der Waals surface area contributed by atoms with Crippen molar-refractivity contribution in [3.63, 3.8) is 0 Å². The van der Waals surface area contributed by atoms with Crippen LogP contribution in [-0.4, -0.2) is 37.1 Å². The first-order valence-electron chi connectivity index (χ1n) is 9.30. The SMILES string of the molecule is CCC(C)(CNC1CC1)CN(CCC(C)C)CCC(C)C. The molecule has 0 aromatic heterocycles. The summed E-state index contributed by atoms with van der Waals surface area (Å²) < 4.78 is 0. The van der Waals surface area contributed by atoms with Gasteiger partial charge in [-0.3, -0.25) is 0 Å². The Morgan fingerprint density at radius 1 is 1.05 bits per heavy atom. The Kier molecular flexibility index (Phi) is 8.26. The van der Waals surface area contributed by atoms with Gasteiger partial charge in [0.1, 0.15) is 0 Å². The Morgan fingerprint density at radius 3 is 1.95 bits per heavy atom. The zero-order valence-electron chi connectivity index (χ0n) is 15.5. The minimum Gasteiger partial charge on any atom is -0.313 e. The molecule has 1 atom stereocenters. The summed E-state index contributed by atoms with van der Waals surface area (Å²) in [4.78, 5) is 2.73. The standard InChI is InChI=1S/C19H40N2/c1-7-19(6,14-20-18-8-9-18)15-21(12-10-16(2)3)13-11-17(4)5/h16-18,20H,7-15H2,1-6H3. The number of hydrogen-bond acceptors (Lipinski definition) is 2. The van der Waals surface area contributed by atoms with E-state index in [9.17, 15) is 0 Å². The maximum absolute atomic E-state index is 3.76. The fourth-order valence-electron chi connectivity index (χ4n) is 2.66. The molecule has 1 saturated carbocycles. The third-order valence-corrected chi connectivity index (χ3v) is 4.90. The highest BCUT2D eigenvalue weighted by Crippen LogP contribution is 2.26. The summed E-state index contributed by atoms with van der Waals surface area (Å²) >= 11 is 0. The van der Waals surface area contributed by atoms with Crippen LogP contribution < -0.4 is 5.32 Å².